The van der Waals surface area contributed by atoms with Crippen LogP contribution >= 0.6 is 0 Å². The standard InChI is InChI=1S/C14H16FN3/c1-8-13(11-4-2-3-5-12(11)15)18-14(17-8)9-6-10(16)7-9/h2-5,9-10H,6-7,16H2,1H3,(H,17,18). The third kappa shape index (κ3) is 1.82. The van der Waals surface area contributed by atoms with Gasteiger partial charge in [-0.3, -0.25) is 0 Å². The molecule has 0 saturated heterocycles. The second kappa shape index (κ2) is 4.21. The first-order valence-electron chi connectivity index (χ1n) is 6.22. The van der Waals surface area contributed by atoms with Gasteiger partial charge in [0.2, 0.25) is 0 Å². The number of nitrogens with zero attached hydrogens (tertiary/aromatic N) is 1. The van der Waals surface area contributed by atoms with E-state index in [4.69, 9.17) is 5.73 Å². The van der Waals surface area contributed by atoms with Crippen molar-refractivity contribution in [3.05, 3.63) is 41.6 Å². The molecule has 3 N–H and O–H groups in total. The van der Waals surface area contributed by atoms with Crippen LogP contribution in [-0.4, -0.2) is 16.0 Å². The number of benzene rings is 1. The van der Waals surface area contributed by atoms with Crippen LogP contribution in [0.3, 0.4) is 0 Å². The Morgan fingerprint density at radius 3 is 2.72 bits per heavy atom. The highest BCUT2D eigenvalue weighted by Crippen LogP contribution is 2.36. The highest BCUT2D eigenvalue weighted by molar-refractivity contribution is 5.62. The number of aromatic nitrogens is 2. The fraction of sp³-hybridized carbons (Fsp3) is 0.357. The van der Waals surface area contributed by atoms with E-state index in [1.807, 2.05) is 13.0 Å². The number of aryl methyl sites for hydroxylation is 1. The summed E-state index contributed by atoms with van der Waals surface area (Å²) in [5.74, 6) is 1.11. The molecule has 94 valence electrons. The van der Waals surface area contributed by atoms with Gasteiger partial charge in [0.05, 0.1) is 5.69 Å². The molecular weight excluding hydrogens is 229 g/mol. The lowest BCUT2D eigenvalue weighted by atomic mass is 9.80. The summed E-state index contributed by atoms with van der Waals surface area (Å²) in [6.07, 6.45) is 1.92. The van der Waals surface area contributed by atoms with Crippen LogP contribution in [0.4, 0.5) is 4.39 Å². The zero-order chi connectivity index (χ0) is 12.7. The lowest BCUT2D eigenvalue weighted by Crippen LogP contribution is -2.35. The average molecular weight is 245 g/mol. The summed E-state index contributed by atoms with van der Waals surface area (Å²) in [7, 11) is 0. The molecule has 2 aromatic rings. The summed E-state index contributed by atoms with van der Waals surface area (Å²) in [4.78, 5) is 7.81. The van der Waals surface area contributed by atoms with Crippen LogP contribution in [-0.2, 0) is 0 Å². The molecule has 0 unspecified atom stereocenters. The van der Waals surface area contributed by atoms with Crippen LogP contribution in [0.25, 0.3) is 11.3 Å². The number of imidazole rings is 1. The topological polar surface area (TPSA) is 54.7 Å². The molecule has 1 aliphatic carbocycles. The maximum absolute atomic E-state index is 13.7. The molecule has 0 bridgehead atoms. The highest BCUT2D eigenvalue weighted by atomic mass is 19.1. The SMILES string of the molecule is Cc1[nH]c(C2CC(N)C2)nc1-c1ccccc1F. The first-order chi connectivity index (χ1) is 8.65. The van der Waals surface area contributed by atoms with E-state index in [9.17, 15) is 4.39 Å². The fourth-order valence-corrected chi connectivity index (χ4v) is 2.48. The molecule has 0 amide bonds. The van der Waals surface area contributed by atoms with E-state index in [0.29, 0.717) is 17.2 Å². The van der Waals surface area contributed by atoms with Crippen LogP contribution in [0, 0.1) is 12.7 Å². The van der Waals surface area contributed by atoms with Crippen LogP contribution < -0.4 is 5.73 Å². The van der Waals surface area contributed by atoms with Crippen molar-refractivity contribution in [2.45, 2.75) is 31.7 Å². The summed E-state index contributed by atoms with van der Waals surface area (Å²) >= 11 is 0. The summed E-state index contributed by atoms with van der Waals surface area (Å²) in [5.41, 5.74) is 7.97. The Morgan fingerprint density at radius 2 is 2.06 bits per heavy atom. The largest absolute Gasteiger partial charge is 0.345 e. The zero-order valence-corrected chi connectivity index (χ0v) is 10.3. The Hall–Kier alpha value is -1.68. The maximum Gasteiger partial charge on any atom is 0.132 e. The van der Waals surface area contributed by atoms with E-state index in [1.54, 1.807) is 12.1 Å². The van der Waals surface area contributed by atoms with Gasteiger partial charge in [0, 0.05) is 23.2 Å². The number of aromatic amines is 1. The first-order valence-corrected chi connectivity index (χ1v) is 6.22. The van der Waals surface area contributed by atoms with Crippen molar-refractivity contribution in [2.24, 2.45) is 5.73 Å². The Balaban J connectivity index is 1.96. The predicted octanol–water partition coefficient (Wildman–Crippen LogP) is 2.73. The second-order valence-electron chi connectivity index (χ2n) is 5.00. The van der Waals surface area contributed by atoms with Crippen LogP contribution in [0.15, 0.2) is 24.3 Å². The lowest BCUT2D eigenvalue weighted by molar-refractivity contribution is 0.340. The molecule has 1 heterocycles. The van der Waals surface area contributed by atoms with Gasteiger partial charge in [-0.25, -0.2) is 9.37 Å². The van der Waals surface area contributed by atoms with E-state index < -0.39 is 0 Å². The van der Waals surface area contributed by atoms with Gasteiger partial charge in [-0.1, -0.05) is 12.1 Å². The second-order valence-corrected chi connectivity index (χ2v) is 5.00. The van der Waals surface area contributed by atoms with Gasteiger partial charge in [-0.2, -0.15) is 0 Å². The Labute approximate surface area is 105 Å². The minimum absolute atomic E-state index is 0.232. The normalized spacial score (nSPS) is 22.8. The molecular formula is C14H16FN3. The number of nitrogens with two attached hydrogens (primary N) is 1. The quantitative estimate of drug-likeness (QED) is 0.854. The smallest absolute Gasteiger partial charge is 0.132 e. The summed E-state index contributed by atoms with van der Waals surface area (Å²) in [6.45, 7) is 1.93. The number of halogens is 1. The van der Waals surface area contributed by atoms with Crippen molar-refractivity contribution in [3.8, 4) is 11.3 Å². The number of rotatable bonds is 2. The lowest BCUT2D eigenvalue weighted by Gasteiger charge is -2.30. The van der Waals surface area contributed by atoms with E-state index in [0.717, 1.165) is 24.4 Å². The molecule has 0 radical (unpaired) electrons. The van der Waals surface area contributed by atoms with Crippen LogP contribution in [0.5, 0.6) is 0 Å². The van der Waals surface area contributed by atoms with Crippen molar-refractivity contribution in [2.75, 3.05) is 0 Å². The van der Waals surface area contributed by atoms with Gasteiger partial charge in [0.15, 0.2) is 0 Å². The summed E-state index contributed by atoms with van der Waals surface area (Å²) < 4.78 is 13.7. The van der Waals surface area contributed by atoms with E-state index in [2.05, 4.69) is 9.97 Å². The molecule has 1 aliphatic rings. The van der Waals surface area contributed by atoms with Crippen molar-refractivity contribution >= 4 is 0 Å². The molecule has 4 heteroatoms. The van der Waals surface area contributed by atoms with Gasteiger partial charge < -0.3 is 10.7 Å². The number of nitrogens with one attached hydrogen (secondary N) is 1. The van der Waals surface area contributed by atoms with Crippen molar-refractivity contribution in [1.82, 2.24) is 9.97 Å². The summed E-state index contributed by atoms with van der Waals surface area (Å²) in [6, 6.07) is 7.02. The van der Waals surface area contributed by atoms with Crippen LogP contribution in [0.1, 0.15) is 30.3 Å². The molecule has 3 nitrogen and oxygen atoms in total. The Kier molecular flexibility index (Phi) is 2.67. The van der Waals surface area contributed by atoms with Gasteiger partial charge in [0.25, 0.3) is 0 Å². The Morgan fingerprint density at radius 1 is 1.33 bits per heavy atom. The highest BCUT2D eigenvalue weighted by Gasteiger charge is 2.30. The van der Waals surface area contributed by atoms with E-state index in [-0.39, 0.29) is 11.9 Å². The van der Waals surface area contributed by atoms with E-state index in [1.165, 1.54) is 6.07 Å². The van der Waals surface area contributed by atoms with Crippen LogP contribution in [0.2, 0.25) is 0 Å². The average Bonchev–Trinajstić information content (AvgIpc) is 2.67. The zero-order valence-electron chi connectivity index (χ0n) is 10.3. The molecule has 18 heavy (non-hydrogen) atoms. The minimum atomic E-state index is -0.232. The number of H-pyrrole nitrogens is 1. The molecule has 1 saturated carbocycles. The molecule has 0 atom stereocenters. The van der Waals surface area contributed by atoms with Crippen molar-refractivity contribution in [1.29, 1.82) is 0 Å². The number of hydrogen-bond donors (Lipinski definition) is 2. The van der Waals surface area contributed by atoms with Crippen molar-refractivity contribution < 1.29 is 4.39 Å². The molecule has 1 aromatic heterocycles. The fourth-order valence-electron chi connectivity index (χ4n) is 2.48. The third-order valence-corrected chi connectivity index (χ3v) is 3.59. The third-order valence-electron chi connectivity index (χ3n) is 3.59. The predicted molar refractivity (Wildman–Crippen MR) is 68.7 cm³/mol. The monoisotopic (exact) mass is 245 g/mol. The van der Waals surface area contributed by atoms with Crippen molar-refractivity contribution in [3.63, 3.8) is 0 Å². The molecule has 1 aromatic carbocycles. The van der Waals surface area contributed by atoms with Gasteiger partial charge in [0.1, 0.15) is 11.6 Å². The van der Waals surface area contributed by atoms with E-state index >= 15 is 0 Å². The molecule has 0 aliphatic heterocycles. The number of hydrogen-bond acceptors (Lipinski definition) is 2. The van der Waals surface area contributed by atoms with Gasteiger partial charge >= 0.3 is 0 Å². The molecule has 1 fully saturated rings. The molecule has 0 spiro atoms. The summed E-state index contributed by atoms with van der Waals surface area (Å²) in [5, 5.41) is 0. The van der Waals surface area contributed by atoms with Gasteiger partial charge in [-0.05, 0) is 31.9 Å². The first kappa shape index (κ1) is 11.4. The minimum Gasteiger partial charge on any atom is -0.345 e. The Bertz CT molecular complexity index is 570. The molecule has 3 rings (SSSR count). The maximum atomic E-state index is 13.7. The van der Waals surface area contributed by atoms with Gasteiger partial charge in [-0.15, -0.1) is 0 Å².